The molecular formula is C3H3NSn. The van der Waals surface area contributed by atoms with Gasteiger partial charge in [-0.1, -0.05) is 6.58 Å². The van der Waals surface area contributed by atoms with Crippen LogP contribution < -0.4 is 0 Å². The number of nitriles is 1. The molecule has 0 amide bonds. The van der Waals surface area contributed by atoms with Gasteiger partial charge >= 0.3 is 0 Å². The molecular weight excluding hydrogens is 169 g/mol. The first-order chi connectivity index (χ1) is 1.91. The van der Waals surface area contributed by atoms with Gasteiger partial charge in [0.2, 0.25) is 0 Å². The van der Waals surface area contributed by atoms with Crippen LogP contribution in [-0.2, 0) is 0 Å². The summed E-state index contributed by atoms with van der Waals surface area (Å²) in [5.74, 6) is 0. The second kappa shape index (κ2) is 8.98. The largest absolute Gasteiger partial charge is 0.193 e. The van der Waals surface area contributed by atoms with Crippen molar-refractivity contribution in [1.29, 1.82) is 5.26 Å². The Hall–Kier alpha value is 0.0287. The van der Waals surface area contributed by atoms with E-state index in [2.05, 4.69) is 6.58 Å². The van der Waals surface area contributed by atoms with Crippen molar-refractivity contribution in [2.45, 2.75) is 0 Å². The zero-order chi connectivity index (χ0) is 3.41. The van der Waals surface area contributed by atoms with Gasteiger partial charge in [-0.15, -0.1) is 0 Å². The van der Waals surface area contributed by atoms with Gasteiger partial charge in [-0.25, -0.2) is 0 Å². The minimum atomic E-state index is 0. The van der Waals surface area contributed by atoms with Crippen LogP contribution in [0.1, 0.15) is 0 Å². The second-order valence-corrected chi connectivity index (χ2v) is 0.333. The molecule has 2 heteroatoms. The third-order valence-electron chi connectivity index (χ3n) is 0.0913. The fourth-order valence-corrected chi connectivity index (χ4v) is 0. The van der Waals surface area contributed by atoms with Gasteiger partial charge in [-0.05, 0) is 0 Å². The number of hydrogen-bond donors (Lipinski definition) is 0. The van der Waals surface area contributed by atoms with Crippen LogP contribution in [0.15, 0.2) is 12.7 Å². The number of nitrogens with zero attached hydrogens (tertiary/aromatic N) is 1. The normalized spacial score (nSPS) is 3.00. The Morgan fingerprint density at radius 2 is 2.00 bits per heavy atom. The summed E-state index contributed by atoms with van der Waals surface area (Å²) in [4.78, 5) is 0. The minimum Gasteiger partial charge on any atom is -0.193 e. The quantitative estimate of drug-likeness (QED) is 0.381. The van der Waals surface area contributed by atoms with E-state index >= 15 is 0 Å². The molecule has 0 atom stereocenters. The van der Waals surface area contributed by atoms with Crippen molar-refractivity contribution >= 4 is 23.9 Å². The van der Waals surface area contributed by atoms with Crippen LogP contribution in [0.3, 0.4) is 0 Å². The molecule has 0 aromatic heterocycles. The fraction of sp³-hybridized carbons (Fsp3) is 0. The molecule has 0 bridgehead atoms. The zero-order valence-electron chi connectivity index (χ0n) is 2.73. The van der Waals surface area contributed by atoms with Crippen LogP contribution in [0.5, 0.6) is 0 Å². The summed E-state index contributed by atoms with van der Waals surface area (Å²) >= 11 is 0. The van der Waals surface area contributed by atoms with E-state index in [0.29, 0.717) is 0 Å². The molecule has 0 aliphatic carbocycles. The fourth-order valence-electron chi connectivity index (χ4n) is 0. The van der Waals surface area contributed by atoms with E-state index < -0.39 is 0 Å². The predicted octanol–water partition coefficient (Wildman–Crippen LogP) is 0.315. The molecule has 0 aliphatic rings. The molecule has 0 saturated carbocycles. The van der Waals surface area contributed by atoms with Crippen molar-refractivity contribution < 1.29 is 0 Å². The van der Waals surface area contributed by atoms with E-state index in [-0.39, 0.29) is 23.9 Å². The van der Waals surface area contributed by atoms with Crippen molar-refractivity contribution in [1.82, 2.24) is 0 Å². The first kappa shape index (κ1) is 8.90. The first-order valence-corrected chi connectivity index (χ1v) is 0.921. The Balaban J connectivity index is 0. The monoisotopic (exact) mass is 173 g/mol. The van der Waals surface area contributed by atoms with E-state index in [1.165, 1.54) is 6.08 Å². The molecule has 0 fully saturated rings. The molecule has 0 heterocycles. The number of hydrogen-bond acceptors (Lipinski definition) is 1. The Morgan fingerprint density at radius 3 is 2.00 bits per heavy atom. The molecule has 0 rings (SSSR count). The van der Waals surface area contributed by atoms with Gasteiger partial charge in [0, 0.05) is 30.0 Å². The Bertz CT molecular complexity index is 52.4. The Labute approximate surface area is 48.3 Å². The molecule has 0 saturated heterocycles. The van der Waals surface area contributed by atoms with Crippen LogP contribution in [0.4, 0.5) is 0 Å². The minimum absolute atomic E-state index is 0. The molecule has 0 aromatic carbocycles. The Morgan fingerprint density at radius 1 is 1.80 bits per heavy atom. The number of rotatable bonds is 0. The SMILES string of the molecule is C=CC#N.[Sn]. The molecule has 0 aliphatic heterocycles. The maximum atomic E-state index is 7.51. The topological polar surface area (TPSA) is 23.8 Å². The first-order valence-electron chi connectivity index (χ1n) is 0.921. The van der Waals surface area contributed by atoms with Gasteiger partial charge in [-0.3, -0.25) is 0 Å². The van der Waals surface area contributed by atoms with Crippen LogP contribution in [0.2, 0.25) is 0 Å². The second-order valence-electron chi connectivity index (χ2n) is 0.333. The molecule has 1 nitrogen and oxygen atoms in total. The summed E-state index contributed by atoms with van der Waals surface area (Å²) < 4.78 is 0. The van der Waals surface area contributed by atoms with Crippen LogP contribution in [0, 0.1) is 11.3 Å². The third kappa shape index (κ3) is 15.7. The number of allylic oxidation sites excluding steroid dienone is 1. The van der Waals surface area contributed by atoms with Crippen molar-refractivity contribution in [2.24, 2.45) is 0 Å². The summed E-state index contributed by atoms with van der Waals surface area (Å²) in [6, 6.07) is 1.69. The maximum absolute atomic E-state index is 7.51. The average molecular weight is 172 g/mol. The molecule has 0 spiro atoms. The van der Waals surface area contributed by atoms with Crippen LogP contribution in [0.25, 0.3) is 0 Å². The van der Waals surface area contributed by atoms with E-state index in [1.54, 1.807) is 6.07 Å². The Kier molecular flexibility index (Phi) is 16.0. The van der Waals surface area contributed by atoms with E-state index in [0.717, 1.165) is 0 Å². The van der Waals surface area contributed by atoms with Gasteiger partial charge in [0.15, 0.2) is 0 Å². The van der Waals surface area contributed by atoms with E-state index in [1.807, 2.05) is 0 Å². The predicted molar refractivity (Wildman–Crippen MR) is 21.6 cm³/mol. The molecule has 0 N–H and O–H groups in total. The van der Waals surface area contributed by atoms with Crippen molar-refractivity contribution in [3.05, 3.63) is 12.7 Å². The van der Waals surface area contributed by atoms with Gasteiger partial charge in [-0.2, -0.15) is 5.26 Å². The van der Waals surface area contributed by atoms with Gasteiger partial charge in [0.25, 0.3) is 0 Å². The summed E-state index contributed by atoms with van der Waals surface area (Å²) in [5.41, 5.74) is 0. The standard InChI is InChI=1S/C3H3N.Sn/c1-2-3-4;/h2H,1H2;. The van der Waals surface area contributed by atoms with Crippen molar-refractivity contribution in [3.8, 4) is 6.07 Å². The smallest absolute Gasteiger partial charge is 0.0905 e. The van der Waals surface area contributed by atoms with Crippen LogP contribution in [-0.4, -0.2) is 23.9 Å². The van der Waals surface area contributed by atoms with Gasteiger partial charge in [0.1, 0.15) is 0 Å². The molecule has 0 aromatic rings. The molecule has 4 radical (unpaired) electrons. The summed E-state index contributed by atoms with van der Waals surface area (Å²) in [5, 5.41) is 7.51. The summed E-state index contributed by atoms with van der Waals surface area (Å²) in [6.07, 6.45) is 1.18. The van der Waals surface area contributed by atoms with E-state index in [4.69, 9.17) is 5.26 Å². The third-order valence-corrected chi connectivity index (χ3v) is 0.0913. The summed E-state index contributed by atoms with van der Waals surface area (Å²) in [7, 11) is 0. The summed E-state index contributed by atoms with van der Waals surface area (Å²) in [6.45, 7) is 3.12. The van der Waals surface area contributed by atoms with Crippen molar-refractivity contribution in [2.75, 3.05) is 0 Å². The molecule has 5 heavy (non-hydrogen) atoms. The van der Waals surface area contributed by atoms with Gasteiger partial charge < -0.3 is 0 Å². The molecule has 24 valence electrons. The average Bonchev–Trinajstić information content (AvgIpc) is 1.37. The zero-order valence-corrected chi connectivity index (χ0v) is 5.59. The van der Waals surface area contributed by atoms with Crippen LogP contribution >= 0.6 is 0 Å². The maximum Gasteiger partial charge on any atom is 0.0905 e. The van der Waals surface area contributed by atoms with E-state index in [9.17, 15) is 0 Å². The van der Waals surface area contributed by atoms with Crippen molar-refractivity contribution in [3.63, 3.8) is 0 Å². The molecule has 0 unspecified atom stereocenters. The van der Waals surface area contributed by atoms with Gasteiger partial charge in [0.05, 0.1) is 6.07 Å².